The maximum absolute atomic E-state index is 13.8. The van der Waals surface area contributed by atoms with E-state index < -0.39 is 0 Å². The molecule has 3 aromatic carbocycles. The first-order valence-electron chi connectivity index (χ1n) is 13.2. The average molecular weight is 523 g/mol. The van der Waals surface area contributed by atoms with Crippen molar-refractivity contribution in [2.24, 2.45) is 0 Å². The number of hydrogen-bond acceptors (Lipinski definition) is 3. The summed E-state index contributed by atoms with van der Waals surface area (Å²) in [5.74, 6) is 0.767. The molecule has 3 amide bonds. The van der Waals surface area contributed by atoms with Gasteiger partial charge in [0.1, 0.15) is 5.75 Å². The lowest BCUT2D eigenvalue weighted by molar-refractivity contribution is 0.0664. The molecule has 1 aliphatic heterocycles. The lowest BCUT2D eigenvalue weighted by atomic mass is 10.1. The smallest absolute Gasteiger partial charge is 0.317 e. The van der Waals surface area contributed by atoms with Crippen LogP contribution in [0, 0.1) is 13.8 Å². The number of nitrogens with zero attached hydrogens (tertiary/aromatic N) is 3. The summed E-state index contributed by atoms with van der Waals surface area (Å²) in [5.41, 5.74) is 6.74. The molecule has 1 fully saturated rings. The normalized spacial score (nSPS) is 13.3. The SMILES string of the molecule is COc1ccc(-c2cc(C(=O)N3CCN(C(=O)NCc4ccccc4)CC3)c(C)n2-c2ccc(C)cc2)cc1. The van der Waals surface area contributed by atoms with Crippen LogP contribution in [0.4, 0.5) is 4.79 Å². The third-order valence-electron chi connectivity index (χ3n) is 7.30. The molecule has 0 spiro atoms. The van der Waals surface area contributed by atoms with Crippen molar-refractivity contribution in [3.8, 4) is 22.7 Å². The first-order chi connectivity index (χ1) is 18.9. The second kappa shape index (κ2) is 11.5. The van der Waals surface area contributed by atoms with Crippen molar-refractivity contribution in [3.63, 3.8) is 0 Å². The van der Waals surface area contributed by atoms with Crippen LogP contribution in [-0.4, -0.2) is 59.6 Å². The van der Waals surface area contributed by atoms with Crippen molar-refractivity contribution >= 4 is 11.9 Å². The number of ether oxygens (including phenoxy) is 1. The molecule has 0 aliphatic carbocycles. The highest BCUT2D eigenvalue weighted by Crippen LogP contribution is 2.31. The molecule has 0 bridgehead atoms. The summed E-state index contributed by atoms with van der Waals surface area (Å²) in [4.78, 5) is 30.1. The molecule has 4 aromatic rings. The van der Waals surface area contributed by atoms with Crippen molar-refractivity contribution in [2.75, 3.05) is 33.3 Å². The number of hydrogen-bond donors (Lipinski definition) is 1. The molecule has 1 saturated heterocycles. The standard InChI is InChI=1S/C32H34N4O3/c1-23-9-13-27(14-10-23)36-24(2)29(21-30(36)26-11-15-28(39-3)16-12-26)31(37)34-17-19-35(20-18-34)32(38)33-22-25-7-5-4-6-8-25/h4-16,21H,17-20,22H2,1-3H3,(H,33,38). The number of piperazine rings is 1. The first-order valence-corrected chi connectivity index (χ1v) is 13.2. The van der Waals surface area contributed by atoms with E-state index in [1.54, 1.807) is 12.0 Å². The van der Waals surface area contributed by atoms with Crippen LogP contribution in [0.25, 0.3) is 16.9 Å². The van der Waals surface area contributed by atoms with Gasteiger partial charge in [-0.3, -0.25) is 4.79 Å². The van der Waals surface area contributed by atoms with Crippen molar-refractivity contribution < 1.29 is 14.3 Å². The van der Waals surface area contributed by atoms with Gasteiger partial charge in [-0.15, -0.1) is 0 Å². The average Bonchev–Trinajstić information content (AvgIpc) is 3.33. The lowest BCUT2D eigenvalue weighted by Gasteiger charge is -2.34. The number of carbonyl (C=O) groups excluding carboxylic acids is 2. The molecule has 1 N–H and O–H groups in total. The van der Waals surface area contributed by atoms with Crippen LogP contribution >= 0.6 is 0 Å². The lowest BCUT2D eigenvalue weighted by Crippen LogP contribution is -2.53. The van der Waals surface area contributed by atoms with Crippen LogP contribution in [0.1, 0.15) is 27.2 Å². The zero-order valence-electron chi connectivity index (χ0n) is 22.7. The Morgan fingerprint density at radius 1 is 0.821 bits per heavy atom. The molecule has 5 rings (SSSR count). The Kier molecular flexibility index (Phi) is 7.68. The van der Waals surface area contributed by atoms with Gasteiger partial charge in [-0.25, -0.2) is 4.79 Å². The summed E-state index contributed by atoms with van der Waals surface area (Å²) in [5, 5.41) is 2.98. The molecule has 2 heterocycles. The number of aryl methyl sites for hydroxylation is 1. The van der Waals surface area contributed by atoms with Gasteiger partial charge in [0.15, 0.2) is 0 Å². The van der Waals surface area contributed by atoms with Crippen LogP contribution in [-0.2, 0) is 6.54 Å². The number of urea groups is 1. The molecule has 0 unspecified atom stereocenters. The Morgan fingerprint density at radius 2 is 1.46 bits per heavy atom. The van der Waals surface area contributed by atoms with E-state index in [2.05, 4.69) is 41.1 Å². The van der Waals surface area contributed by atoms with Gasteiger partial charge in [-0.2, -0.15) is 0 Å². The summed E-state index contributed by atoms with van der Waals surface area (Å²) >= 11 is 0. The fourth-order valence-electron chi connectivity index (χ4n) is 4.99. The number of amides is 3. The Labute approximate surface area is 229 Å². The predicted molar refractivity (Wildman–Crippen MR) is 153 cm³/mol. The Hall–Kier alpha value is -4.52. The molecule has 1 aromatic heterocycles. The predicted octanol–water partition coefficient (Wildman–Crippen LogP) is 5.44. The largest absolute Gasteiger partial charge is 0.497 e. The quantitative estimate of drug-likeness (QED) is 0.367. The van der Waals surface area contributed by atoms with E-state index in [0.717, 1.165) is 34.0 Å². The number of benzene rings is 3. The minimum Gasteiger partial charge on any atom is -0.497 e. The number of nitrogens with one attached hydrogen (secondary N) is 1. The zero-order valence-corrected chi connectivity index (χ0v) is 22.7. The van der Waals surface area contributed by atoms with Crippen LogP contribution < -0.4 is 10.1 Å². The van der Waals surface area contributed by atoms with Gasteiger partial charge in [0.25, 0.3) is 5.91 Å². The van der Waals surface area contributed by atoms with E-state index in [9.17, 15) is 9.59 Å². The van der Waals surface area contributed by atoms with Gasteiger partial charge in [0.05, 0.1) is 18.4 Å². The molecule has 200 valence electrons. The topological polar surface area (TPSA) is 66.8 Å². The van der Waals surface area contributed by atoms with Crippen molar-refractivity contribution in [3.05, 3.63) is 107 Å². The molecule has 7 heteroatoms. The second-order valence-corrected chi connectivity index (χ2v) is 9.85. The van der Waals surface area contributed by atoms with E-state index in [0.29, 0.717) is 38.3 Å². The third kappa shape index (κ3) is 5.67. The summed E-state index contributed by atoms with van der Waals surface area (Å²) < 4.78 is 7.48. The number of aromatic nitrogens is 1. The van der Waals surface area contributed by atoms with Gasteiger partial charge in [-0.1, -0.05) is 48.0 Å². The van der Waals surface area contributed by atoms with E-state index in [1.807, 2.05) is 72.5 Å². The maximum atomic E-state index is 13.8. The minimum absolute atomic E-state index is 0.0162. The van der Waals surface area contributed by atoms with Crippen LogP contribution in [0.15, 0.2) is 84.9 Å². The Morgan fingerprint density at radius 3 is 2.10 bits per heavy atom. The Bertz CT molecular complexity index is 1440. The molecule has 0 saturated carbocycles. The van der Waals surface area contributed by atoms with Gasteiger partial charge >= 0.3 is 6.03 Å². The summed E-state index contributed by atoms with van der Waals surface area (Å²) in [6.07, 6.45) is 0. The Balaban J connectivity index is 1.34. The fraction of sp³-hybridized carbons (Fsp3) is 0.250. The van der Waals surface area contributed by atoms with Crippen LogP contribution in [0.3, 0.4) is 0 Å². The highest BCUT2D eigenvalue weighted by atomic mass is 16.5. The first kappa shape index (κ1) is 26.1. The van der Waals surface area contributed by atoms with E-state index in [4.69, 9.17) is 4.74 Å². The maximum Gasteiger partial charge on any atom is 0.317 e. The number of methoxy groups -OCH3 is 1. The molecular weight excluding hydrogens is 488 g/mol. The van der Waals surface area contributed by atoms with Gasteiger partial charge in [0.2, 0.25) is 0 Å². The summed E-state index contributed by atoms with van der Waals surface area (Å²) in [6.45, 7) is 6.51. The summed E-state index contributed by atoms with van der Waals surface area (Å²) in [7, 11) is 1.65. The minimum atomic E-state index is -0.102. The van der Waals surface area contributed by atoms with Crippen molar-refractivity contribution in [1.82, 2.24) is 19.7 Å². The molecule has 0 atom stereocenters. The zero-order chi connectivity index (χ0) is 27.4. The van der Waals surface area contributed by atoms with Crippen molar-refractivity contribution in [1.29, 1.82) is 0 Å². The van der Waals surface area contributed by atoms with E-state index in [1.165, 1.54) is 5.56 Å². The van der Waals surface area contributed by atoms with Gasteiger partial charge < -0.3 is 24.4 Å². The fourth-order valence-corrected chi connectivity index (χ4v) is 4.99. The summed E-state index contributed by atoms with van der Waals surface area (Å²) in [6, 6.07) is 27.9. The molecule has 0 radical (unpaired) electrons. The number of carbonyl (C=O) groups is 2. The third-order valence-corrected chi connectivity index (χ3v) is 7.30. The van der Waals surface area contributed by atoms with Crippen LogP contribution in [0.2, 0.25) is 0 Å². The van der Waals surface area contributed by atoms with Gasteiger partial charge in [0, 0.05) is 44.1 Å². The van der Waals surface area contributed by atoms with E-state index >= 15 is 0 Å². The van der Waals surface area contributed by atoms with E-state index in [-0.39, 0.29) is 11.9 Å². The molecule has 7 nitrogen and oxygen atoms in total. The van der Waals surface area contributed by atoms with Crippen molar-refractivity contribution in [2.45, 2.75) is 20.4 Å². The molecule has 1 aliphatic rings. The van der Waals surface area contributed by atoms with Gasteiger partial charge in [-0.05, 0) is 67.4 Å². The molecular formula is C32H34N4O3. The van der Waals surface area contributed by atoms with Crippen LogP contribution in [0.5, 0.6) is 5.75 Å². The highest BCUT2D eigenvalue weighted by molar-refractivity contribution is 5.97. The number of rotatable bonds is 6. The monoisotopic (exact) mass is 522 g/mol. The highest BCUT2D eigenvalue weighted by Gasteiger charge is 2.28. The second-order valence-electron chi connectivity index (χ2n) is 9.85. The molecule has 39 heavy (non-hydrogen) atoms.